The Hall–Kier alpha value is -1.79. The molecule has 1 N–H and O–H groups in total. The van der Waals surface area contributed by atoms with Gasteiger partial charge in [-0.3, -0.25) is 4.79 Å². The molecule has 0 spiro atoms. The van der Waals surface area contributed by atoms with Gasteiger partial charge in [0.05, 0.1) is 4.90 Å². The summed E-state index contributed by atoms with van der Waals surface area (Å²) in [6.07, 6.45) is 5.40. The van der Waals surface area contributed by atoms with E-state index in [0.29, 0.717) is 5.02 Å². The Morgan fingerprint density at radius 1 is 1.08 bits per heavy atom. The third-order valence-electron chi connectivity index (χ3n) is 4.33. The van der Waals surface area contributed by atoms with Crippen molar-refractivity contribution < 1.29 is 17.6 Å². The lowest BCUT2D eigenvalue weighted by molar-refractivity contribution is 0.0898. The molecule has 1 aromatic heterocycles. The summed E-state index contributed by atoms with van der Waals surface area (Å²) in [5.41, 5.74) is 0. The first kappa shape index (κ1) is 18.0. The molecule has 0 aliphatic heterocycles. The molecule has 3 rings (SSSR count). The van der Waals surface area contributed by atoms with Crippen LogP contribution in [-0.2, 0) is 15.6 Å². The number of hydrogen-bond donors (Lipinski definition) is 1. The zero-order valence-electron chi connectivity index (χ0n) is 13.7. The average Bonchev–Trinajstić information content (AvgIpc) is 3.04. The van der Waals surface area contributed by atoms with Crippen molar-refractivity contribution in [3.05, 3.63) is 52.9 Å². The van der Waals surface area contributed by atoms with Crippen LogP contribution in [0.25, 0.3) is 0 Å². The summed E-state index contributed by atoms with van der Waals surface area (Å²) >= 11 is 5.78. The van der Waals surface area contributed by atoms with E-state index in [1.165, 1.54) is 42.8 Å². The number of hydrogen-bond acceptors (Lipinski definition) is 4. The second kappa shape index (κ2) is 7.62. The monoisotopic (exact) mass is 381 g/mol. The maximum Gasteiger partial charge on any atom is 0.287 e. The molecule has 0 bridgehead atoms. The molecule has 1 aliphatic carbocycles. The van der Waals surface area contributed by atoms with E-state index in [2.05, 4.69) is 5.32 Å². The van der Waals surface area contributed by atoms with E-state index in [9.17, 15) is 13.2 Å². The number of nitrogens with one attached hydrogen (secondary N) is 1. The van der Waals surface area contributed by atoms with Crippen LogP contribution in [0.1, 0.15) is 48.4 Å². The molecule has 0 atom stereocenters. The van der Waals surface area contributed by atoms with Gasteiger partial charge in [-0.1, -0.05) is 30.9 Å². The molecule has 25 heavy (non-hydrogen) atoms. The van der Waals surface area contributed by atoms with Crippen LogP contribution in [-0.4, -0.2) is 20.4 Å². The highest BCUT2D eigenvalue weighted by molar-refractivity contribution is 7.90. The number of carbonyl (C=O) groups excluding carboxylic acids is 1. The quantitative estimate of drug-likeness (QED) is 0.850. The molecule has 1 fully saturated rings. The first-order chi connectivity index (χ1) is 11.9. The number of rotatable bonds is 5. The van der Waals surface area contributed by atoms with Gasteiger partial charge in [-0.25, -0.2) is 8.42 Å². The Bertz CT molecular complexity index is 836. The molecular formula is C18H20ClNO4S. The van der Waals surface area contributed by atoms with Crippen LogP contribution in [0, 0.1) is 0 Å². The van der Waals surface area contributed by atoms with E-state index in [1.54, 1.807) is 0 Å². The minimum absolute atomic E-state index is 0.145. The summed E-state index contributed by atoms with van der Waals surface area (Å²) in [6.45, 7) is 0. The number of amides is 1. The summed E-state index contributed by atoms with van der Waals surface area (Å²) in [5.74, 6) is -0.205. The molecule has 0 saturated heterocycles. The van der Waals surface area contributed by atoms with Gasteiger partial charge in [-0.2, -0.15) is 0 Å². The van der Waals surface area contributed by atoms with Gasteiger partial charge >= 0.3 is 0 Å². The molecule has 7 heteroatoms. The summed E-state index contributed by atoms with van der Waals surface area (Å²) in [6, 6.07) is 9.19. The van der Waals surface area contributed by atoms with E-state index in [0.717, 1.165) is 25.7 Å². The van der Waals surface area contributed by atoms with Crippen LogP contribution >= 0.6 is 11.6 Å². The summed E-state index contributed by atoms with van der Waals surface area (Å²) in [4.78, 5) is 12.4. The molecule has 0 radical (unpaired) electrons. The van der Waals surface area contributed by atoms with Crippen molar-refractivity contribution in [2.24, 2.45) is 0 Å². The minimum atomic E-state index is -3.55. The van der Waals surface area contributed by atoms with Crippen LogP contribution in [0.3, 0.4) is 0 Å². The Balaban J connectivity index is 1.66. The predicted molar refractivity (Wildman–Crippen MR) is 95.4 cm³/mol. The lowest BCUT2D eigenvalue weighted by Gasteiger charge is -2.22. The van der Waals surface area contributed by atoms with Crippen molar-refractivity contribution in [1.82, 2.24) is 5.32 Å². The van der Waals surface area contributed by atoms with Crippen LogP contribution in [0.15, 0.2) is 45.7 Å². The zero-order valence-corrected chi connectivity index (χ0v) is 15.3. The number of carbonyl (C=O) groups is 1. The second-order valence-electron chi connectivity index (χ2n) is 6.29. The zero-order chi connectivity index (χ0) is 17.9. The lowest BCUT2D eigenvalue weighted by atomic mass is 9.95. The molecular weight excluding hydrogens is 362 g/mol. The summed E-state index contributed by atoms with van der Waals surface area (Å²) < 4.78 is 30.3. The largest absolute Gasteiger partial charge is 0.455 e. The predicted octanol–water partition coefficient (Wildman–Crippen LogP) is 3.97. The van der Waals surface area contributed by atoms with E-state index in [1.807, 2.05) is 0 Å². The molecule has 1 aromatic carbocycles. The molecule has 1 heterocycles. The molecule has 2 aromatic rings. The summed E-state index contributed by atoms with van der Waals surface area (Å²) in [5, 5.41) is 3.42. The van der Waals surface area contributed by atoms with Gasteiger partial charge in [0.15, 0.2) is 15.6 Å². The van der Waals surface area contributed by atoms with Crippen molar-refractivity contribution in [3.63, 3.8) is 0 Å². The number of benzene rings is 1. The molecule has 1 saturated carbocycles. The highest BCUT2D eigenvalue weighted by atomic mass is 35.5. The van der Waals surface area contributed by atoms with Crippen LogP contribution in [0.2, 0.25) is 5.02 Å². The fourth-order valence-corrected chi connectivity index (χ4v) is 4.37. The highest BCUT2D eigenvalue weighted by Crippen LogP contribution is 2.21. The average molecular weight is 382 g/mol. The van der Waals surface area contributed by atoms with Gasteiger partial charge in [0.1, 0.15) is 11.5 Å². The maximum atomic E-state index is 12.4. The Labute approximate surface area is 152 Å². The van der Waals surface area contributed by atoms with E-state index < -0.39 is 9.84 Å². The number of furan rings is 1. The van der Waals surface area contributed by atoms with Crippen molar-refractivity contribution in [1.29, 1.82) is 0 Å². The Morgan fingerprint density at radius 2 is 1.76 bits per heavy atom. The highest BCUT2D eigenvalue weighted by Gasteiger charge is 2.21. The first-order valence-corrected chi connectivity index (χ1v) is 10.3. The van der Waals surface area contributed by atoms with E-state index in [4.69, 9.17) is 16.0 Å². The second-order valence-corrected chi connectivity index (χ2v) is 8.71. The maximum absolute atomic E-state index is 12.4. The molecule has 0 unspecified atom stereocenters. The fourth-order valence-electron chi connectivity index (χ4n) is 2.99. The number of halogens is 1. The fraction of sp³-hybridized carbons (Fsp3) is 0.389. The van der Waals surface area contributed by atoms with Gasteiger partial charge in [0, 0.05) is 11.1 Å². The van der Waals surface area contributed by atoms with Gasteiger partial charge in [-0.05, 0) is 49.2 Å². The standard InChI is InChI=1S/C18H20ClNO4S/c19-13-6-9-16(10-7-13)25(22,23)12-15-8-11-17(24-15)18(21)20-14-4-2-1-3-5-14/h6-11,14H,1-5,12H2,(H,20,21). The smallest absolute Gasteiger partial charge is 0.287 e. The van der Waals surface area contributed by atoms with Gasteiger partial charge in [0.25, 0.3) is 5.91 Å². The van der Waals surface area contributed by atoms with Crippen molar-refractivity contribution in [2.45, 2.75) is 48.8 Å². The van der Waals surface area contributed by atoms with Crippen LogP contribution < -0.4 is 5.32 Å². The number of sulfone groups is 1. The van der Waals surface area contributed by atoms with E-state index >= 15 is 0 Å². The first-order valence-electron chi connectivity index (χ1n) is 8.32. The van der Waals surface area contributed by atoms with Crippen LogP contribution in [0.5, 0.6) is 0 Å². The van der Waals surface area contributed by atoms with Gasteiger partial charge in [0.2, 0.25) is 0 Å². The molecule has 1 amide bonds. The van der Waals surface area contributed by atoms with Crippen molar-refractivity contribution in [2.75, 3.05) is 0 Å². The molecule has 134 valence electrons. The minimum Gasteiger partial charge on any atom is -0.455 e. The van der Waals surface area contributed by atoms with Gasteiger partial charge in [-0.15, -0.1) is 0 Å². The Kier molecular flexibility index (Phi) is 5.49. The molecule has 5 nitrogen and oxygen atoms in total. The van der Waals surface area contributed by atoms with Crippen molar-refractivity contribution in [3.8, 4) is 0 Å². The van der Waals surface area contributed by atoms with E-state index in [-0.39, 0.29) is 34.1 Å². The Morgan fingerprint density at radius 3 is 2.44 bits per heavy atom. The normalized spacial score (nSPS) is 15.9. The third-order valence-corrected chi connectivity index (χ3v) is 6.24. The topological polar surface area (TPSA) is 76.4 Å². The third kappa shape index (κ3) is 4.64. The van der Waals surface area contributed by atoms with Crippen molar-refractivity contribution >= 4 is 27.3 Å². The summed E-state index contributed by atoms with van der Waals surface area (Å²) in [7, 11) is -3.55. The SMILES string of the molecule is O=C(NC1CCCCC1)c1ccc(CS(=O)(=O)c2ccc(Cl)cc2)o1. The van der Waals surface area contributed by atoms with Gasteiger partial charge < -0.3 is 9.73 Å². The molecule has 1 aliphatic rings. The lowest BCUT2D eigenvalue weighted by Crippen LogP contribution is -2.35. The van der Waals surface area contributed by atoms with Crippen LogP contribution in [0.4, 0.5) is 0 Å².